The molecule has 0 aromatic rings. The Hall–Kier alpha value is -1.39. The highest BCUT2D eigenvalue weighted by atomic mass is 16.5. The highest BCUT2D eigenvalue weighted by Gasteiger charge is 2.36. The number of nitrogens with zero attached hydrogens (tertiary/aromatic N) is 1. The molecule has 0 aromatic heterocycles. The summed E-state index contributed by atoms with van der Waals surface area (Å²) in [6.07, 6.45) is 2.28. The molecule has 0 aliphatic carbocycles. The van der Waals surface area contributed by atoms with Gasteiger partial charge in [0.2, 0.25) is 0 Å². The fraction of sp³-hybridized carbons (Fsp3) is 0.667. The standard InChI is InChI=1S/C9H14N2O3/c1-3-6-5-10-11-8(12)7(6)9(13)14-4-2/h5-7H,3-4H2,1-2H3,(H,11,12). The van der Waals surface area contributed by atoms with E-state index < -0.39 is 11.9 Å². The number of hydrogen-bond acceptors (Lipinski definition) is 4. The summed E-state index contributed by atoms with van der Waals surface area (Å²) >= 11 is 0. The van der Waals surface area contributed by atoms with E-state index in [1.807, 2.05) is 6.92 Å². The van der Waals surface area contributed by atoms with Crippen LogP contribution < -0.4 is 5.43 Å². The molecule has 1 N–H and O–H groups in total. The van der Waals surface area contributed by atoms with Crippen LogP contribution in [0.4, 0.5) is 0 Å². The van der Waals surface area contributed by atoms with Gasteiger partial charge in [-0.3, -0.25) is 9.59 Å². The maximum Gasteiger partial charge on any atom is 0.319 e. The van der Waals surface area contributed by atoms with Gasteiger partial charge >= 0.3 is 5.97 Å². The molecule has 1 amide bonds. The summed E-state index contributed by atoms with van der Waals surface area (Å²) in [6.45, 7) is 3.91. The first-order valence-electron chi connectivity index (χ1n) is 4.70. The second-order valence-electron chi connectivity index (χ2n) is 3.06. The maximum absolute atomic E-state index is 11.4. The van der Waals surface area contributed by atoms with Gasteiger partial charge in [-0.25, -0.2) is 5.43 Å². The van der Waals surface area contributed by atoms with E-state index in [-0.39, 0.29) is 18.4 Å². The molecule has 0 bridgehead atoms. The van der Waals surface area contributed by atoms with Crippen LogP contribution in [0.3, 0.4) is 0 Å². The summed E-state index contributed by atoms with van der Waals surface area (Å²) in [6, 6.07) is 0. The van der Waals surface area contributed by atoms with Crippen molar-refractivity contribution in [3.05, 3.63) is 0 Å². The number of rotatable bonds is 3. The van der Waals surface area contributed by atoms with E-state index in [4.69, 9.17) is 4.74 Å². The van der Waals surface area contributed by atoms with Crippen molar-refractivity contribution in [3.8, 4) is 0 Å². The number of amides is 1. The van der Waals surface area contributed by atoms with Crippen LogP contribution in [-0.4, -0.2) is 24.7 Å². The van der Waals surface area contributed by atoms with Crippen LogP contribution in [0.5, 0.6) is 0 Å². The molecule has 5 heteroatoms. The van der Waals surface area contributed by atoms with Crippen LogP contribution in [0.25, 0.3) is 0 Å². The monoisotopic (exact) mass is 198 g/mol. The smallest absolute Gasteiger partial charge is 0.319 e. The molecule has 2 unspecified atom stereocenters. The van der Waals surface area contributed by atoms with Gasteiger partial charge in [0.15, 0.2) is 0 Å². The molecule has 1 heterocycles. The molecule has 1 aliphatic heterocycles. The maximum atomic E-state index is 11.4. The number of ether oxygens (including phenoxy) is 1. The number of nitrogens with one attached hydrogen (secondary N) is 1. The first kappa shape index (κ1) is 10.7. The SMILES string of the molecule is CCOC(=O)C1C(=O)NN=CC1CC. The van der Waals surface area contributed by atoms with Gasteiger partial charge in [0.25, 0.3) is 5.91 Å². The third-order valence-corrected chi connectivity index (χ3v) is 2.16. The molecular weight excluding hydrogens is 184 g/mol. The third kappa shape index (κ3) is 2.10. The largest absolute Gasteiger partial charge is 0.465 e. The van der Waals surface area contributed by atoms with Gasteiger partial charge in [-0.1, -0.05) is 6.92 Å². The lowest BCUT2D eigenvalue weighted by Gasteiger charge is -2.22. The number of hydrogen-bond donors (Lipinski definition) is 1. The molecule has 14 heavy (non-hydrogen) atoms. The lowest BCUT2D eigenvalue weighted by molar-refractivity contribution is -0.153. The normalized spacial score (nSPS) is 25.7. The van der Waals surface area contributed by atoms with Crippen molar-refractivity contribution >= 4 is 18.1 Å². The molecule has 78 valence electrons. The molecule has 1 rings (SSSR count). The fourth-order valence-corrected chi connectivity index (χ4v) is 1.40. The van der Waals surface area contributed by atoms with E-state index in [1.165, 1.54) is 0 Å². The Labute approximate surface area is 82.5 Å². The Morgan fingerprint density at radius 3 is 2.93 bits per heavy atom. The van der Waals surface area contributed by atoms with Crippen molar-refractivity contribution in [1.82, 2.24) is 5.43 Å². The molecule has 0 saturated heterocycles. The summed E-state index contributed by atoms with van der Waals surface area (Å²) in [5.41, 5.74) is 2.27. The lowest BCUT2D eigenvalue weighted by atomic mass is 9.89. The molecule has 5 nitrogen and oxygen atoms in total. The molecule has 0 saturated carbocycles. The quantitative estimate of drug-likeness (QED) is 0.524. The molecular formula is C9H14N2O3. The van der Waals surface area contributed by atoms with Crippen molar-refractivity contribution in [2.75, 3.05) is 6.61 Å². The van der Waals surface area contributed by atoms with E-state index in [1.54, 1.807) is 13.1 Å². The van der Waals surface area contributed by atoms with Crippen LogP contribution in [0.2, 0.25) is 0 Å². The van der Waals surface area contributed by atoms with Gasteiger partial charge in [-0.2, -0.15) is 5.10 Å². The van der Waals surface area contributed by atoms with Crippen molar-refractivity contribution in [2.45, 2.75) is 20.3 Å². The average Bonchev–Trinajstić information content (AvgIpc) is 2.17. The minimum Gasteiger partial charge on any atom is -0.465 e. The third-order valence-electron chi connectivity index (χ3n) is 2.16. The van der Waals surface area contributed by atoms with Crippen LogP contribution >= 0.6 is 0 Å². The fourth-order valence-electron chi connectivity index (χ4n) is 1.40. The zero-order valence-corrected chi connectivity index (χ0v) is 8.32. The summed E-state index contributed by atoms with van der Waals surface area (Å²) in [7, 11) is 0. The first-order chi connectivity index (χ1) is 6.70. The Morgan fingerprint density at radius 2 is 2.36 bits per heavy atom. The van der Waals surface area contributed by atoms with Crippen molar-refractivity contribution in [3.63, 3.8) is 0 Å². The molecule has 0 spiro atoms. The minimum atomic E-state index is -0.738. The predicted molar refractivity (Wildman–Crippen MR) is 50.5 cm³/mol. The number of hydrazone groups is 1. The second kappa shape index (κ2) is 4.74. The highest BCUT2D eigenvalue weighted by molar-refractivity contribution is 6.02. The number of carbonyl (C=O) groups is 2. The van der Waals surface area contributed by atoms with E-state index in [9.17, 15) is 9.59 Å². The van der Waals surface area contributed by atoms with E-state index >= 15 is 0 Å². The van der Waals surface area contributed by atoms with Crippen molar-refractivity contribution in [1.29, 1.82) is 0 Å². The van der Waals surface area contributed by atoms with Gasteiger partial charge in [-0.15, -0.1) is 0 Å². The van der Waals surface area contributed by atoms with Crippen LogP contribution in [-0.2, 0) is 14.3 Å². The second-order valence-corrected chi connectivity index (χ2v) is 3.06. The van der Waals surface area contributed by atoms with Crippen molar-refractivity contribution in [2.24, 2.45) is 16.9 Å². The zero-order valence-electron chi connectivity index (χ0n) is 8.32. The minimum absolute atomic E-state index is 0.150. The predicted octanol–water partition coefficient (Wildman–Crippen LogP) is 0.307. The Morgan fingerprint density at radius 1 is 1.64 bits per heavy atom. The topological polar surface area (TPSA) is 67.8 Å². The first-order valence-corrected chi connectivity index (χ1v) is 4.70. The van der Waals surface area contributed by atoms with E-state index in [2.05, 4.69) is 10.5 Å². The van der Waals surface area contributed by atoms with Gasteiger partial charge in [-0.05, 0) is 13.3 Å². The van der Waals surface area contributed by atoms with E-state index in [0.717, 1.165) is 0 Å². The average molecular weight is 198 g/mol. The molecule has 0 radical (unpaired) electrons. The molecule has 0 aromatic carbocycles. The van der Waals surface area contributed by atoms with Gasteiger partial charge in [0.05, 0.1) is 6.61 Å². The summed E-state index contributed by atoms with van der Waals surface area (Å²) in [5, 5.41) is 3.67. The van der Waals surface area contributed by atoms with Gasteiger partial charge in [0.1, 0.15) is 5.92 Å². The molecule has 1 aliphatic rings. The van der Waals surface area contributed by atoms with Crippen LogP contribution in [0.1, 0.15) is 20.3 Å². The summed E-state index contributed by atoms with van der Waals surface area (Å²) in [4.78, 5) is 22.8. The number of carbonyl (C=O) groups excluding carboxylic acids is 2. The lowest BCUT2D eigenvalue weighted by Crippen LogP contribution is -2.42. The number of esters is 1. The van der Waals surface area contributed by atoms with Crippen molar-refractivity contribution < 1.29 is 14.3 Å². The Bertz CT molecular complexity index is 263. The summed E-state index contributed by atoms with van der Waals surface area (Å²) in [5.74, 6) is -1.74. The molecule has 0 fully saturated rings. The Balaban J connectivity index is 2.76. The summed E-state index contributed by atoms with van der Waals surface area (Å²) < 4.78 is 4.82. The van der Waals surface area contributed by atoms with E-state index in [0.29, 0.717) is 6.42 Å². The van der Waals surface area contributed by atoms with Crippen LogP contribution in [0, 0.1) is 11.8 Å². The van der Waals surface area contributed by atoms with Gasteiger partial charge in [0, 0.05) is 12.1 Å². The highest BCUT2D eigenvalue weighted by Crippen LogP contribution is 2.18. The molecule has 2 atom stereocenters. The van der Waals surface area contributed by atoms with Gasteiger partial charge < -0.3 is 4.74 Å². The Kier molecular flexibility index (Phi) is 3.62. The zero-order chi connectivity index (χ0) is 10.6. The van der Waals surface area contributed by atoms with Crippen LogP contribution in [0.15, 0.2) is 5.10 Å².